The predicted molar refractivity (Wildman–Crippen MR) is 202 cm³/mol. The van der Waals surface area contributed by atoms with Gasteiger partial charge in [0.1, 0.15) is 0 Å². The molecule has 8 aromatic rings. The van der Waals surface area contributed by atoms with Gasteiger partial charge in [-0.05, 0) is 98.8 Å². The van der Waals surface area contributed by atoms with Gasteiger partial charge in [0.2, 0.25) is 0 Å². The van der Waals surface area contributed by atoms with E-state index in [1.807, 2.05) is 11.3 Å². The van der Waals surface area contributed by atoms with Gasteiger partial charge in [0.15, 0.2) is 0 Å². The van der Waals surface area contributed by atoms with E-state index in [0.29, 0.717) is 0 Å². The lowest BCUT2D eigenvalue weighted by molar-refractivity contribution is 0.590. The fourth-order valence-corrected chi connectivity index (χ4v) is 7.91. The summed E-state index contributed by atoms with van der Waals surface area (Å²) in [5.74, 6) is 0. The summed E-state index contributed by atoms with van der Waals surface area (Å²) in [5.41, 5.74) is 11.5. The molecule has 0 radical (unpaired) electrons. The van der Waals surface area contributed by atoms with Crippen molar-refractivity contribution in [3.05, 3.63) is 139 Å². The fourth-order valence-electron chi connectivity index (χ4n) is 6.82. The molecule has 0 saturated carbocycles. The number of aromatic nitrogens is 1. The second-order valence-electron chi connectivity index (χ2n) is 14.7. The summed E-state index contributed by atoms with van der Waals surface area (Å²) in [5, 5.41) is 5.27. The molecule has 1 nitrogen and oxygen atoms in total. The maximum Gasteiger partial charge on any atom is 0.0547 e. The van der Waals surface area contributed by atoms with E-state index >= 15 is 0 Å². The molecule has 0 fully saturated rings. The van der Waals surface area contributed by atoms with Gasteiger partial charge in [-0.1, -0.05) is 114 Å². The quantitative estimate of drug-likeness (QED) is 0.187. The highest BCUT2D eigenvalue weighted by molar-refractivity contribution is 7.25. The Morgan fingerprint density at radius 3 is 1.80 bits per heavy atom. The van der Waals surface area contributed by atoms with Gasteiger partial charge in [0.25, 0.3) is 0 Å². The molecule has 0 N–H and O–H groups in total. The minimum atomic E-state index is 0.0103. The lowest BCUT2D eigenvalue weighted by Gasteiger charge is -2.22. The molecule has 6 aromatic carbocycles. The molecule has 226 valence electrons. The van der Waals surface area contributed by atoms with Gasteiger partial charge in [0.05, 0.1) is 11.0 Å². The summed E-state index contributed by atoms with van der Waals surface area (Å²) in [6, 6.07) is 47.8. The maximum atomic E-state index is 2.44. The zero-order valence-corrected chi connectivity index (χ0v) is 28.3. The molecular formula is C44H39NS. The third-order valence-corrected chi connectivity index (χ3v) is 10.6. The van der Waals surface area contributed by atoms with E-state index in [2.05, 4.69) is 174 Å². The van der Waals surface area contributed by atoms with E-state index in [0.717, 1.165) is 0 Å². The van der Waals surface area contributed by atoms with E-state index in [9.17, 15) is 0 Å². The molecule has 8 rings (SSSR count). The summed E-state index contributed by atoms with van der Waals surface area (Å²) in [6.07, 6.45) is 0. The number of hydrogen-bond acceptors (Lipinski definition) is 1. The van der Waals surface area contributed by atoms with Crippen molar-refractivity contribution < 1.29 is 0 Å². The highest BCUT2D eigenvalue weighted by atomic mass is 32.1. The van der Waals surface area contributed by atoms with Crippen LogP contribution in [0.4, 0.5) is 0 Å². The predicted octanol–water partition coefficient (Wildman–Crippen LogP) is 13.1. The molecule has 0 aliphatic heterocycles. The van der Waals surface area contributed by atoms with E-state index in [4.69, 9.17) is 0 Å². The van der Waals surface area contributed by atoms with Crippen LogP contribution in [0.25, 0.3) is 69.9 Å². The molecular weight excluding hydrogens is 575 g/mol. The second kappa shape index (κ2) is 10.4. The van der Waals surface area contributed by atoms with Gasteiger partial charge in [-0.25, -0.2) is 0 Å². The molecule has 0 spiro atoms. The lowest BCUT2D eigenvalue weighted by Crippen LogP contribution is -2.11. The van der Waals surface area contributed by atoms with E-state index in [-0.39, 0.29) is 10.8 Å². The molecule has 0 unspecified atom stereocenters. The Labute approximate surface area is 275 Å². The average molecular weight is 614 g/mol. The van der Waals surface area contributed by atoms with Crippen molar-refractivity contribution in [2.75, 3.05) is 0 Å². The number of para-hydroxylation sites is 1. The van der Waals surface area contributed by atoms with Crippen molar-refractivity contribution in [2.45, 2.75) is 52.4 Å². The van der Waals surface area contributed by atoms with E-state index in [1.54, 1.807) is 0 Å². The Morgan fingerprint density at radius 1 is 0.413 bits per heavy atom. The lowest BCUT2D eigenvalue weighted by atomic mass is 9.83. The largest absolute Gasteiger partial charge is 0.309 e. The summed E-state index contributed by atoms with van der Waals surface area (Å²) in [6.45, 7) is 13.8. The molecule has 2 heterocycles. The Morgan fingerprint density at radius 2 is 1.07 bits per heavy atom. The molecule has 0 saturated heterocycles. The first-order valence-electron chi connectivity index (χ1n) is 16.3. The van der Waals surface area contributed by atoms with Gasteiger partial charge in [-0.2, -0.15) is 0 Å². The number of nitrogens with zero attached hydrogens (tertiary/aromatic N) is 1. The Balaban J connectivity index is 1.35. The minimum absolute atomic E-state index is 0.0103. The highest BCUT2D eigenvalue weighted by Gasteiger charge is 2.20. The van der Waals surface area contributed by atoms with Crippen LogP contribution in [-0.4, -0.2) is 4.57 Å². The monoisotopic (exact) mass is 613 g/mol. The second-order valence-corrected chi connectivity index (χ2v) is 15.8. The first-order chi connectivity index (χ1) is 22.0. The van der Waals surface area contributed by atoms with Crippen LogP contribution in [0.2, 0.25) is 0 Å². The number of thiophene rings is 1. The first-order valence-corrected chi connectivity index (χ1v) is 17.1. The van der Waals surface area contributed by atoms with E-state index in [1.165, 1.54) is 81.0 Å². The molecule has 2 aromatic heterocycles. The Hall–Kier alpha value is -4.66. The number of hydrogen-bond donors (Lipinski definition) is 0. The van der Waals surface area contributed by atoms with Crippen LogP contribution < -0.4 is 0 Å². The van der Waals surface area contributed by atoms with Crippen LogP contribution in [0.1, 0.15) is 52.7 Å². The minimum Gasteiger partial charge on any atom is -0.309 e. The average Bonchev–Trinajstić information content (AvgIpc) is 3.58. The maximum absolute atomic E-state index is 2.44. The Bertz CT molecular complexity index is 2420. The molecule has 46 heavy (non-hydrogen) atoms. The van der Waals surface area contributed by atoms with Crippen molar-refractivity contribution in [2.24, 2.45) is 0 Å². The SMILES string of the molecule is CC(C)(C)c1cc(-c2ccc3sc4ccccc4c3c2)cc(-c2ccc3c4cc(C(C)(C)C)ccc4n(-c4ccccc4)c3c2)c1. The van der Waals surface area contributed by atoms with Crippen molar-refractivity contribution >= 4 is 53.3 Å². The van der Waals surface area contributed by atoms with Crippen LogP contribution in [-0.2, 0) is 10.8 Å². The van der Waals surface area contributed by atoms with E-state index < -0.39 is 0 Å². The highest BCUT2D eigenvalue weighted by Crippen LogP contribution is 2.41. The van der Waals surface area contributed by atoms with Gasteiger partial charge in [0, 0.05) is 36.6 Å². The number of rotatable bonds is 3. The van der Waals surface area contributed by atoms with Crippen LogP contribution in [0.3, 0.4) is 0 Å². The summed E-state index contributed by atoms with van der Waals surface area (Å²) < 4.78 is 5.12. The van der Waals surface area contributed by atoms with Crippen molar-refractivity contribution in [3.8, 4) is 27.9 Å². The van der Waals surface area contributed by atoms with Gasteiger partial charge >= 0.3 is 0 Å². The zero-order valence-electron chi connectivity index (χ0n) is 27.5. The fraction of sp³-hybridized carbons (Fsp3) is 0.182. The molecule has 0 bridgehead atoms. The van der Waals surface area contributed by atoms with Crippen LogP contribution >= 0.6 is 11.3 Å². The van der Waals surface area contributed by atoms with Gasteiger partial charge in [-0.15, -0.1) is 11.3 Å². The molecule has 0 amide bonds. The summed E-state index contributed by atoms with van der Waals surface area (Å²) in [4.78, 5) is 0. The van der Waals surface area contributed by atoms with Crippen molar-refractivity contribution in [1.29, 1.82) is 0 Å². The molecule has 2 heteroatoms. The van der Waals surface area contributed by atoms with Crippen LogP contribution in [0.15, 0.2) is 127 Å². The third kappa shape index (κ3) is 4.84. The van der Waals surface area contributed by atoms with Crippen molar-refractivity contribution in [3.63, 3.8) is 0 Å². The third-order valence-electron chi connectivity index (χ3n) is 9.49. The number of fused-ring (bicyclic) bond motifs is 6. The summed E-state index contributed by atoms with van der Waals surface area (Å²) in [7, 11) is 0. The van der Waals surface area contributed by atoms with Crippen molar-refractivity contribution in [1.82, 2.24) is 4.57 Å². The van der Waals surface area contributed by atoms with Crippen LogP contribution in [0, 0.1) is 0 Å². The molecule has 0 aliphatic carbocycles. The summed E-state index contributed by atoms with van der Waals surface area (Å²) >= 11 is 1.87. The van der Waals surface area contributed by atoms with Crippen LogP contribution in [0.5, 0.6) is 0 Å². The standard InChI is InChI=1S/C44H39NS/c1-43(2,3)32-18-20-39-37(27-32)35-19-16-29(26-40(35)45(39)34-12-8-7-9-13-34)31-22-30(23-33(24-31)44(4,5)6)28-17-21-42-38(25-28)36-14-10-11-15-41(36)46-42/h7-27H,1-6H3. The smallest absolute Gasteiger partial charge is 0.0547 e. The Kier molecular flexibility index (Phi) is 6.53. The topological polar surface area (TPSA) is 4.93 Å². The van der Waals surface area contributed by atoms with Gasteiger partial charge < -0.3 is 4.57 Å². The normalized spacial score (nSPS) is 12.6. The zero-order chi connectivity index (χ0) is 31.8. The van der Waals surface area contributed by atoms with Gasteiger partial charge in [-0.3, -0.25) is 0 Å². The molecule has 0 atom stereocenters. The number of benzene rings is 6. The molecule has 0 aliphatic rings. The first kappa shape index (κ1) is 28.8.